The van der Waals surface area contributed by atoms with Gasteiger partial charge < -0.3 is 15.2 Å². The molecular weight excluding hydrogens is 310 g/mol. The van der Waals surface area contributed by atoms with Gasteiger partial charge in [-0.2, -0.15) is 0 Å². The molecule has 132 valence electrons. The van der Waals surface area contributed by atoms with Gasteiger partial charge in [0.2, 0.25) is 0 Å². The van der Waals surface area contributed by atoms with E-state index in [-0.39, 0.29) is 6.04 Å². The maximum atomic E-state index is 6.26. The molecule has 1 saturated heterocycles. The van der Waals surface area contributed by atoms with E-state index in [0.29, 0.717) is 5.92 Å². The summed E-state index contributed by atoms with van der Waals surface area (Å²) < 4.78 is 11.5. The van der Waals surface area contributed by atoms with Crippen molar-refractivity contribution in [3.05, 3.63) is 52.6 Å². The summed E-state index contributed by atoms with van der Waals surface area (Å²) in [4.78, 5) is 0. The summed E-state index contributed by atoms with van der Waals surface area (Å²) in [6.07, 6.45) is 3.23. The van der Waals surface area contributed by atoms with Gasteiger partial charge in [0.15, 0.2) is 0 Å². The number of benzene rings is 2. The zero-order valence-electron chi connectivity index (χ0n) is 15.2. The highest BCUT2D eigenvalue weighted by atomic mass is 16.5. The van der Waals surface area contributed by atoms with Gasteiger partial charge in [-0.3, -0.25) is 0 Å². The minimum absolute atomic E-state index is 0.187. The fourth-order valence-electron chi connectivity index (χ4n) is 4.28. The van der Waals surface area contributed by atoms with Gasteiger partial charge in [-0.05, 0) is 78.6 Å². The van der Waals surface area contributed by atoms with Crippen LogP contribution in [-0.2, 0) is 11.2 Å². The Labute approximate surface area is 150 Å². The topological polar surface area (TPSA) is 44.5 Å². The summed E-state index contributed by atoms with van der Waals surface area (Å²) in [5.41, 5.74) is 14.2. The molecule has 2 aromatic carbocycles. The van der Waals surface area contributed by atoms with Gasteiger partial charge in [0.1, 0.15) is 5.75 Å². The minimum atomic E-state index is 0.187. The molecule has 1 aliphatic carbocycles. The van der Waals surface area contributed by atoms with Crippen LogP contribution in [0.2, 0.25) is 0 Å². The van der Waals surface area contributed by atoms with Gasteiger partial charge in [-0.15, -0.1) is 0 Å². The molecule has 1 unspecified atom stereocenters. The maximum absolute atomic E-state index is 6.26. The van der Waals surface area contributed by atoms with Crippen molar-refractivity contribution in [3.63, 3.8) is 0 Å². The SMILES string of the molecule is Cc1cc(OCC2CCOC2)cc(C)c1-c1cccc2c1CC[C@H]2N. The number of fused-ring (bicyclic) bond motifs is 1. The molecule has 3 nitrogen and oxygen atoms in total. The van der Waals surface area contributed by atoms with Crippen molar-refractivity contribution in [1.82, 2.24) is 0 Å². The Balaban J connectivity index is 1.63. The minimum Gasteiger partial charge on any atom is -0.493 e. The first-order valence-electron chi connectivity index (χ1n) is 9.33. The number of hydrogen-bond acceptors (Lipinski definition) is 3. The van der Waals surface area contributed by atoms with Crippen LogP contribution in [0, 0.1) is 19.8 Å². The van der Waals surface area contributed by atoms with Gasteiger partial charge in [-0.1, -0.05) is 18.2 Å². The van der Waals surface area contributed by atoms with Crippen LogP contribution in [-0.4, -0.2) is 19.8 Å². The standard InChI is InChI=1S/C22H27NO2/c1-14-10-17(25-13-16-8-9-24-12-16)11-15(2)22(14)20-5-3-4-19-18(20)6-7-21(19)23/h3-5,10-11,16,21H,6-9,12-13,23H2,1-2H3/t16?,21-/m1/s1. The molecule has 2 atom stereocenters. The second-order valence-electron chi connectivity index (χ2n) is 7.49. The average Bonchev–Trinajstić information content (AvgIpc) is 3.23. The zero-order chi connectivity index (χ0) is 17.4. The molecule has 0 amide bonds. The zero-order valence-corrected chi connectivity index (χ0v) is 15.2. The van der Waals surface area contributed by atoms with E-state index in [1.165, 1.54) is 33.4 Å². The lowest BCUT2D eigenvalue weighted by molar-refractivity contribution is 0.167. The summed E-state index contributed by atoms with van der Waals surface area (Å²) in [5, 5.41) is 0. The Morgan fingerprint density at radius 3 is 2.68 bits per heavy atom. The Morgan fingerprint density at radius 2 is 1.96 bits per heavy atom. The normalized spacial score (nSPS) is 22.2. The lowest BCUT2D eigenvalue weighted by Gasteiger charge is -2.18. The Morgan fingerprint density at radius 1 is 1.16 bits per heavy atom. The van der Waals surface area contributed by atoms with Gasteiger partial charge in [-0.25, -0.2) is 0 Å². The molecule has 1 heterocycles. The van der Waals surface area contributed by atoms with Crippen molar-refractivity contribution in [2.24, 2.45) is 11.7 Å². The summed E-state index contributed by atoms with van der Waals surface area (Å²) in [7, 11) is 0. The van der Waals surface area contributed by atoms with Crippen molar-refractivity contribution in [2.75, 3.05) is 19.8 Å². The van der Waals surface area contributed by atoms with E-state index in [2.05, 4.69) is 44.2 Å². The molecular formula is C22H27NO2. The second-order valence-corrected chi connectivity index (χ2v) is 7.49. The lowest BCUT2D eigenvalue weighted by atomic mass is 9.90. The molecule has 0 bridgehead atoms. The van der Waals surface area contributed by atoms with Crippen molar-refractivity contribution in [2.45, 2.75) is 39.2 Å². The van der Waals surface area contributed by atoms with Crippen LogP contribution in [0.3, 0.4) is 0 Å². The van der Waals surface area contributed by atoms with Crippen LogP contribution in [0.25, 0.3) is 11.1 Å². The van der Waals surface area contributed by atoms with Crippen LogP contribution >= 0.6 is 0 Å². The molecule has 2 aliphatic rings. The summed E-state index contributed by atoms with van der Waals surface area (Å²) in [6.45, 7) is 6.80. The van der Waals surface area contributed by atoms with Crippen molar-refractivity contribution in [3.8, 4) is 16.9 Å². The van der Waals surface area contributed by atoms with Crippen LogP contribution in [0.15, 0.2) is 30.3 Å². The number of ether oxygens (including phenoxy) is 2. The molecule has 0 saturated carbocycles. The van der Waals surface area contributed by atoms with Crippen LogP contribution in [0.5, 0.6) is 5.75 Å². The summed E-state index contributed by atoms with van der Waals surface area (Å²) >= 11 is 0. The number of rotatable bonds is 4. The highest BCUT2D eigenvalue weighted by Gasteiger charge is 2.23. The van der Waals surface area contributed by atoms with E-state index in [0.717, 1.165) is 44.8 Å². The van der Waals surface area contributed by atoms with Crippen LogP contribution in [0.4, 0.5) is 0 Å². The summed E-state index contributed by atoms with van der Waals surface area (Å²) in [6, 6.07) is 11.1. The van der Waals surface area contributed by atoms with Crippen LogP contribution < -0.4 is 10.5 Å². The van der Waals surface area contributed by atoms with Gasteiger partial charge in [0.05, 0.1) is 13.2 Å². The lowest BCUT2D eigenvalue weighted by Crippen LogP contribution is -2.11. The van der Waals surface area contributed by atoms with E-state index in [9.17, 15) is 0 Å². The summed E-state index contributed by atoms with van der Waals surface area (Å²) in [5.74, 6) is 1.49. The van der Waals surface area contributed by atoms with E-state index in [4.69, 9.17) is 15.2 Å². The van der Waals surface area contributed by atoms with Gasteiger partial charge in [0.25, 0.3) is 0 Å². The Hall–Kier alpha value is -1.84. The van der Waals surface area contributed by atoms with Crippen molar-refractivity contribution >= 4 is 0 Å². The first-order valence-corrected chi connectivity index (χ1v) is 9.33. The number of nitrogens with two attached hydrogens (primary N) is 1. The molecule has 2 N–H and O–H groups in total. The van der Waals surface area contributed by atoms with Crippen LogP contribution in [0.1, 0.15) is 41.1 Å². The molecule has 0 radical (unpaired) electrons. The molecule has 25 heavy (non-hydrogen) atoms. The maximum Gasteiger partial charge on any atom is 0.119 e. The third kappa shape index (κ3) is 3.19. The quantitative estimate of drug-likeness (QED) is 0.903. The fraction of sp³-hybridized carbons (Fsp3) is 0.455. The first-order chi connectivity index (χ1) is 12.1. The molecule has 4 rings (SSSR count). The predicted molar refractivity (Wildman–Crippen MR) is 101 cm³/mol. The largest absolute Gasteiger partial charge is 0.493 e. The Bertz CT molecular complexity index is 755. The highest BCUT2D eigenvalue weighted by Crippen LogP contribution is 2.40. The average molecular weight is 337 g/mol. The number of hydrogen-bond donors (Lipinski definition) is 1. The van der Waals surface area contributed by atoms with Crippen molar-refractivity contribution in [1.29, 1.82) is 0 Å². The second kappa shape index (κ2) is 6.81. The van der Waals surface area contributed by atoms with E-state index >= 15 is 0 Å². The van der Waals surface area contributed by atoms with E-state index in [1.54, 1.807) is 0 Å². The smallest absolute Gasteiger partial charge is 0.119 e. The molecule has 0 aromatic heterocycles. The van der Waals surface area contributed by atoms with E-state index < -0.39 is 0 Å². The molecule has 1 fully saturated rings. The molecule has 2 aromatic rings. The fourth-order valence-corrected chi connectivity index (χ4v) is 4.28. The third-order valence-electron chi connectivity index (χ3n) is 5.60. The molecule has 1 aliphatic heterocycles. The highest BCUT2D eigenvalue weighted by molar-refractivity contribution is 5.76. The number of aryl methyl sites for hydroxylation is 2. The molecule has 0 spiro atoms. The first kappa shape index (κ1) is 16.6. The Kier molecular flexibility index (Phi) is 4.53. The van der Waals surface area contributed by atoms with Gasteiger partial charge in [0, 0.05) is 18.6 Å². The monoisotopic (exact) mass is 337 g/mol. The van der Waals surface area contributed by atoms with Gasteiger partial charge >= 0.3 is 0 Å². The van der Waals surface area contributed by atoms with E-state index in [1.807, 2.05) is 0 Å². The molecule has 3 heteroatoms. The predicted octanol–water partition coefficient (Wildman–Crippen LogP) is 4.33. The third-order valence-corrected chi connectivity index (χ3v) is 5.60. The van der Waals surface area contributed by atoms with Crippen molar-refractivity contribution < 1.29 is 9.47 Å².